The molecule has 0 aliphatic carbocycles. The summed E-state index contributed by atoms with van der Waals surface area (Å²) in [4.78, 5) is 2.25. The summed E-state index contributed by atoms with van der Waals surface area (Å²) in [6.45, 7) is 0. The van der Waals surface area contributed by atoms with E-state index >= 15 is 0 Å². The van der Waals surface area contributed by atoms with E-state index in [-0.39, 0.29) is 0 Å². The first kappa shape index (κ1) is 22.3. The topological polar surface area (TPSA) is 27.0 Å². The van der Waals surface area contributed by atoms with E-state index in [2.05, 4.69) is 114 Å². The molecule has 2 nitrogen and oxygen atoms in total. The van der Waals surface area contributed by atoms with Gasteiger partial charge in [-0.25, -0.2) is 0 Å². The molecule has 0 bridgehead atoms. The maximum absolute atomic E-state index is 10.0. The van der Waals surface area contributed by atoms with E-state index in [1.807, 2.05) is 42.5 Å². The summed E-state index contributed by atoms with van der Waals surface area (Å²) in [5.41, 5.74) is 5.78. The van der Waals surface area contributed by atoms with Crippen LogP contribution in [0.25, 0.3) is 33.2 Å². The summed E-state index contributed by atoms with van der Waals surface area (Å²) >= 11 is 0. The fourth-order valence-corrected chi connectivity index (χ4v) is 4.84. The molecule has 0 unspecified atom stereocenters. The van der Waals surface area contributed by atoms with Gasteiger partial charge in [0.2, 0.25) is 0 Å². The molecule has 0 saturated carbocycles. The van der Waals surface area contributed by atoms with Crippen LogP contribution in [0.5, 0.6) is 0 Å². The normalized spacial score (nSPS) is 11.4. The zero-order valence-electron chi connectivity index (χ0n) is 20.3. The summed E-state index contributed by atoms with van der Waals surface area (Å²) in [6, 6.07) is 50.4. The zero-order chi connectivity index (χ0) is 25.0. The molecule has 0 amide bonds. The Morgan fingerprint density at radius 2 is 1.16 bits per heavy atom. The van der Waals surface area contributed by atoms with Gasteiger partial charge in [0.05, 0.1) is 11.6 Å². The van der Waals surface area contributed by atoms with Gasteiger partial charge in [-0.3, -0.25) is 0 Å². The summed E-state index contributed by atoms with van der Waals surface area (Å²) in [5.74, 6) is 0. The van der Waals surface area contributed by atoms with Crippen LogP contribution < -0.4 is 4.90 Å². The minimum absolute atomic E-state index is 0.639. The molecular weight excluding hydrogens is 448 g/mol. The van der Waals surface area contributed by atoms with Crippen molar-refractivity contribution in [2.75, 3.05) is 4.90 Å². The van der Waals surface area contributed by atoms with Crippen molar-refractivity contribution in [3.63, 3.8) is 0 Å². The summed E-state index contributed by atoms with van der Waals surface area (Å²) < 4.78 is 0. The molecule has 37 heavy (non-hydrogen) atoms. The number of anilines is 3. The van der Waals surface area contributed by atoms with Gasteiger partial charge in [-0.1, -0.05) is 103 Å². The Bertz CT molecular complexity index is 1770. The Hall–Kier alpha value is -5.13. The van der Waals surface area contributed by atoms with E-state index in [0.29, 0.717) is 5.57 Å². The van der Waals surface area contributed by atoms with Crippen LogP contribution in [0.3, 0.4) is 0 Å². The van der Waals surface area contributed by atoms with E-state index in [1.54, 1.807) is 0 Å². The number of benzene rings is 6. The first-order chi connectivity index (χ1) is 18.3. The third-order valence-corrected chi connectivity index (χ3v) is 6.69. The van der Waals surface area contributed by atoms with Crippen LogP contribution in [0.2, 0.25) is 0 Å². The van der Waals surface area contributed by atoms with Gasteiger partial charge >= 0.3 is 0 Å². The molecule has 6 aromatic rings. The number of para-hydroxylation sites is 1. The Kier molecular flexibility index (Phi) is 5.95. The van der Waals surface area contributed by atoms with E-state index in [0.717, 1.165) is 39.0 Å². The van der Waals surface area contributed by atoms with Gasteiger partial charge in [-0.15, -0.1) is 0 Å². The molecule has 0 N–H and O–H groups in total. The second-order valence-corrected chi connectivity index (χ2v) is 8.99. The van der Waals surface area contributed by atoms with Crippen molar-refractivity contribution in [2.45, 2.75) is 0 Å². The predicted octanol–water partition coefficient (Wildman–Crippen LogP) is 9.53. The molecule has 0 atom stereocenters. The van der Waals surface area contributed by atoms with Gasteiger partial charge in [0.15, 0.2) is 0 Å². The lowest BCUT2D eigenvalue weighted by molar-refractivity contribution is 1.29. The average molecular weight is 473 g/mol. The van der Waals surface area contributed by atoms with E-state index in [1.165, 1.54) is 10.8 Å². The molecule has 6 rings (SSSR count). The standard InChI is InChI=1S/C35H24N2/c36-25-31(23-30-13-8-12-28-10-6-7-16-35(28)30)27-17-20-33(21-18-27)37(32-14-2-1-3-15-32)34-22-19-26-9-4-5-11-29(26)24-34/h1-24H/b31-23+. The van der Waals surface area contributed by atoms with Crippen LogP contribution in [0.1, 0.15) is 11.1 Å². The summed E-state index contributed by atoms with van der Waals surface area (Å²) in [7, 11) is 0. The number of hydrogen-bond donors (Lipinski definition) is 0. The average Bonchev–Trinajstić information content (AvgIpc) is 2.97. The lowest BCUT2D eigenvalue weighted by Gasteiger charge is -2.26. The summed E-state index contributed by atoms with van der Waals surface area (Å²) in [6.07, 6.45) is 1.98. The second-order valence-electron chi connectivity index (χ2n) is 8.99. The number of hydrogen-bond acceptors (Lipinski definition) is 2. The van der Waals surface area contributed by atoms with Crippen molar-refractivity contribution >= 4 is 50.3 Å². The van der Waals surface area contributed by atoms with Crippen LogP contribution in [0.4, 0.5) is 17.1 Å². The lowest BCUT2D eigenvalue weighted by atomic mass is 9.99. The molecule has 174 valence electrons. The van der Waals surface area contributed by atoms with Crippen LogP contribution in [0.15, 0.2) is 140 Å². The van der Waals surface area contributed by atoms with Crippen molar-refractivity contribution in [3.8, 4) is 6.07 Å². The van der Waals surface area contributed by atoms with Crippen molar-refractivity contribution in [1.29, 1.82) is 5.26 Å². The molecule has 0 spiro atoms. The molecular formula is C35H24N2. The highest BCUT2D eigenvalue weighted by Gasteiger charge is 2.13. The van der Waals surface area contributed by atoms with E-state index in [4.69, 9.17) is 0 Å². The Labute approximate surface area is 217 Å². The van der Waals surface area contributed by atoms with Crippen molar-refractivity contribution in [2.24, 2.45) is 0 Å². The van der Waals surface area contributed by atoms with Crippen LogP contribution in [-0.2, 0) is 0 Å². The highest BCUT2D eigenvalue weighted by Crippen LogP contribution is 2.36. The largest absolute Gasteiger partial charge is 0.310 e. The maximum atomic E-state index is 10.0. The molecule has 2 heteroatoms. The number of allylic oxidation sites excluding steroid dienone is 1. The lowest BCUT2D eigenvalue weighted by Crippen LogP contribution is -2.09. The van der Waals surface area contributed by atoms with Gasteiger partial charge in [-0.05, 0) is 75.1 Å². The number of rotatable bonds is 5. The maximum Gasteiger partial charge on any atom is 0.0998 e. The first-order valence-electron chi connectivity index (χ1n) is 12.3. The highest BCUT2D eigenvalue weighted by atomic mass is 15.1. The van der Waals surface area contributed by atoms with Crippen LogP contribution >= 0.6 is 0 Å². The number of fused-ring (bicyclic) bond motifs is 2. The quantitative estimate of drug-likeness (QED) is 0.184. The van der Waals surface area contributed by atoms with Crippen LogP contribution in [-0.4, -0.2) is 0 Å². The molecule has 0 radical (unpaired) electrons. The van der Waals surface area contributed by atoms with Gasteiger partial charge in [-0.2, -0.15) is 5.26 Å². The van der Waals surface area contributed by atoms with Gasteiger partial charge in [0, 0.05) is 17.1 Å². The predicted molar refractivity (Wildman–Crippen MR) is 156 cm³/mol. The van der Waals surface area contributed by atoms with Crippen molar-refractivity contribution < 1.29 is 0 Å². The molecule has 0 aliphatic rings. The van der Waals surface area contributed by atoms with Gasteiger partial charge in [0.25, 0.3) is 0 Å². The second kappa shape index (κ2) is 9.85. The molecule has 0 aromatic heterocycles. The highest BCUT2D eigenvalue weighted by molar-refractivity contribution is 5.98. The van der Waals surface area contributed by atoms with Gasteiger partial charge < -0.3 is 4.90 Å². The minimum atomic E-state index is 0.639. The van der Waals surface area contributed by atoms with E-state index in [9.17, 15) is 5.26 Å². The van der Waals surface area contributed by atoms with Gasteiger partial charge in [0.1, 0.15) is 0 Å². The molecule has 0 fully saturated rings. The molecule has 0 saturated heterocycles. The Balaban J connectivity index is 1.41. The Morgan fingerprint density at radius 3 is 1.95 bits per heavy atom. The van der Waals surface area contributed by atoms with Crippen molar-refractivity contribution in [3.05, 3.63) is 151 Å². The Morgan fingerprint density at radius 1 is 0.541 bits per heavy atom. The molecule has 0 heterocycles. The first-order valence-corrected chi connectivity index (χ1v) is 12.3. The summed E-state index contributed by atoms with van der Waals surface area (Å²) in [5, 5.41) is 14.7. The SMILES string of the molecule is N#C/C(=C\c1cccc2ccccc12)c1ccc(N(c2ccccc2)c2ccc3ccccc3c2)cc1. The minimum Gasteiger partial charge on any atom is -0.310 e. The number of nitrogens with zero attached hydrogens (tertiary/aromatic N) is 2. The van der Waals surface area contributed by atoms with Crippen LogP contribution in [0, 0.1) is 11.3 Å². The fraction of sp³-hybridized carbons (Fsp3) is 0. The molecule has 6 aromatic carbocycles. The third-order valence-electron chi connectivity index (χ3n) is 6.69. The monoisotopic (exact) mass is 472 g/mol. The van der Waals surface area contributed by atoms with E-state index < -0.39 is 0 Å². The fourth-order valence-electron chi connectivity index (χ4n) is 4.84. The number of nitriles is 1. The smallest absolute Gasteiger partial charge is 0.0998 e. The third kappa shape index (κ3) is 4.47. The van der Waals surface area contributed by atoms with Crippen molar-refractivity contribution in [1.82, 2.24) is 0 Å². The molecule has 0 aliphatic heterocycles. The zero-order valence-corrected chi connectivity index (χ0v) is 20.3.